The Morgan fingerprint density at radius 2 is 1.91 bits per heavy atom. The van der Waals surface area contributed by atoms with Gasteiger partial charge in [-0.05, 0) is 60.6 Å². The van der Waals surface area contributed by atoms with Crippen LogP contribution in [0.4, 0.5) is 4.39 Å². The molecule has 0 spiro atoms. The van der Waals surface area contributed by atoms with Crippen LogP contribution in [0.15, 0.2) is 24.3 Å². The molecule has 2 aliphatic heterocycles. The Labute approximate surface area is 254 Å². The molecule has 1 saturated carbocycles. The first-order valence-corrected chi connectivity index (χ1v) is 15.4. The van der Waals surface area contributed by atoms with Crippen molar-refractivity contribution in [3.63, 3.8) is 0 Å². The molecule has 4 N–H and O–H groups in total. The average Bonchev–Trinajstić information content (AvgIpc) is 3.47. The number of ketones is 1. The van der Waals surface area contributed by atoms with Gasteiger partial charge in [-0.3, -0.25) is 24.0 Å². The SMILES string of the molecule is CC(C)C[C@H](NC(=O)c1cc2c(F)cccc2[nH]1)C(=O)N1C[C@H]2[C@@H]([C@H]1C(=O)N[C@@H](C[C@@H]1CCNC1=O)C(=O)CCl)C2(C)C. The molecule has 0 radical (unpaired) electrons. The van der Waals surface area contributed by atoms with E-state index in [1.54, 1.807) is 12.1 Å². The third kappa shape index (κ3) is 6.01. The van der Waals surface area contributed by atoms with Gasteiger partial charge < -0.3 is 25.8 Å². The number of halogens is 2. The van der Waals surface area contributed by atoms with Crippen molar-refractivity contribution in [1.29, 1.82) is 0 Å². The number of carbonyl (C=O) groups excluding carboxylic acids is 5. The summed E-state index contributed by atoms with van der Waals surface area (Å²) in [5.74, 6) is -3.14. The van der Waals surface area contributed by atoms with Crippen LogP contribution in [0.3, 0.4) is 0 Å². The Kier molecular flexibility index (Phi) is 8.57. The molecule has 10 nitrogen and oxygen atoms in total. The van der Waals surface area contributed by atoms with E-state index < -0.39 is 47.5 Å². The minimum absolute atomic E-state index is 0.0403. The fraction of sp³-hybridized carbons (Fsp3) is 0.581. The molecule has 1 aromatic carbocycles. The Morgan fingerprint density at radius 3 is 2.53 bits per heavy atom. The second kappa shape index (κ2) is 11.9. The van der Waals surface area contributed by atoms with Crippen molar-refractivity contribution < 1.29 is 28.4 Å². The molecule has 1 aliphatic carbocycles. The van der Waals surface area contributed by atoms with Crippen LogP contribution in [0, 0.1) is 34.9 Å². The van der Waals surface area contributed by atoms with Crippen LogP contribution in [0.5, 0.6) is 0 Å². The van der Waals surface area contributed by atoms with E-state index in [4.69, 9.17) is 11.6 Å². The smallest absolute Gasteiger partial charge is 0.268 e. The predicted octanol–water partition coefficient (Wildman–Crippen LogP) is 2.75. The molecule has 4 amide bonds. The zero-order chi connectivity index (χ0) is 31.2. The van der Waals surface area contributed by atoms with Crippen molar-refractivity contribution >= 4 is 51.9 Å². The van der Waals surface area contributed by atoms with Crippen LogP contribution in [-0.4, -0.2) is 76.4 Å². The highest BCUT2D eigenvalue weighted by atomic mass is 35.5. The lowest BCUT2D eigenvalue weighted by atomic mass is 9.94. The van der Waals surface area contributed by atoms with E-state index in [0.29, 0.717) is 31.4 Å². The quantitative estimate of drug-likeness (QED) is 0.288. The molecule has 3 aliphatic rings. The number of Topliss-reactive ketones (excluding diaryl/α,β-unsaturated/α-hetero) is 1. The second-order valence-electron chi connectivity index (χ2n) is 13.1. The van der Waals surface area contributed by atoms with Gasteiger partial charge in [-0.25, -0.2) is 4.39 Å². The summed E-state index contributed by atoms with van der Waals surface area (Å²) in [6.07, 6.45) is 1.03. The van der Waals surface area contributed by atoms with Gasteiger partial charge in [0.25, 0.3) is 5.91 Å². The van der Waals surface area contributed by atoms with Crippen LogP contribution in [0.1, 0.15) is 57.4 Å². The number of likely N-dealkylation sites (tertiary alicyclic amines) is 1. The van der Waals surface area contributed by atoms with E-state index in [9.17, 15) is 28.4 Å². The lowest BCUT2D eigenvalue weighted by molar-refractivity contribution is -0.142. The Bertz CT molecular complexity index is 1460. The molecule has 6 atom stereocenters. The standard InChI is InChI=1S/C31H39ClFN5O5/c1-15(2)10-23(37-28(41)22-12-17-19(33)6-5-7-20(17)35-22)30(43)38-14-18-25(31(18,3)4)26(38)29(42)36-21(24(39)13-32)11-16-8-9-34-27(16)40/h5-7,12,15-16,18,21,23,25-26,35H,8-11,13-14H2,1-4H3,(H,34,40)(H,36,42)(H,37,41)/t16-,18-,21-,23-,25-,26-/m0/s1. The van der Waals surface area contributed by atoms with Gasteiger partial charge in [-0.2, -0.15) is 0 Å². The molecular formula is C31H39ClFN5O5. The number of fused-ring (bicyclic) bond motifs is 2. The Hall–Kier alpha value is -3.47. The summed E-state index contributed by atoms with van der Waals surface area (Å²) in [4.78, 5) is 70.6. The van der Waals surface area contributed by atoms with Crippen LogP contribution < -0.4 is 16.0 Å². The predicted molar refractivity (Wildman–Crippen MR) is 159 cm³/mol. The molecule has 0 unspecified atom stereocenters. The lowest BCUT2D eigenvalue weighted by Gasteiger charge is -2.34. The topological polar surface area (TPSA) is 140 Å². The number of amides is 4. The molecule has 43 heavy (non-hydrogen) atoms. The van der Waals surface area contributed by atoms with Crippen molar-refractivity contribution in [3.8, 4) is 0 Å². The molecule has 3 heterocycles. The third-order valence-electron chi connectivity index (χ3n) is 9.45. The van der Waals surface area contributed by atoms with Crippen molar-refractivity contribution in [3.05, 3.63) is 35.8 Å². The number of alkyl halides is 1. The van der Waals surface area contributed by atoms with E-state index in [-0.39, 0.29) is 58.4 Å². The van der Waals surface area contributed by atoms with Gasteiger partial charge >= 0.3 is 0 Å². The number of aromatic nitrogens is 1. The maximum absolute atomic E-state index is 14.2. The number of benzene rings is 1. The van der Waals surface area contributed by atoms with Gasteiger partial charge in [0.2, 0.25) is 17.7 Å². The monoisotopic (exact) mass is 615 g/mol. The number of carbonyl (C=O) groups is 5. The number of nitrogens with one attached hydrogen (secondary N) is 4. The Balaban J connectivity index is 1.36. The molecule has 0 bridgehead atoms. The maximum atomic E-state index is 14.2. The number of H-pyrrole nitrogens is 1. The third-order valence-corrected chi connectivity index (χ3v) is 9.71. The van der Waals surface area contributed by atoms with Crippen LogP contribution >= 0.6 is 11.6 Å². The normalized spacial score (nSPS) is 25.3. The summed E-state index contributed by atoms with van der Waals surface area (Å²) in [5.41, 5.74) is 0.410. The fourth-order valence-electron chi connectivity index (χ4n) is 6.96. The molecule has 5 rings (SSSR count). The van der Waals surface area contributed by atoms with Gasteiger partial charge in [0, 0.05) is 29.9 Å². The lowest BCUT2D eigenvalue weighted by Crippen LogP contribution is -2.58. The largest absolute Gasteiger partial charge is 0.356 e. The summed E-state index contributed by atoms with van der Waals surface area (Å²) >= 11 is 5.87. The molecular weight excluding hydrogens is 577 g/mol. The Morgan fingerprint density at radius 1 is 1.16 bits per heavy atom. The summed E-state index contributed by atoms with van der Waals surface area (Å²) in [7, 11) is 0. The first-order valence-electron chi connectivity index (χ1n) is 14.9. The van der Waals surface area contributed by atoms with Crippen LogP contribution in [0.25, 0.3) is 10.9 Å². The van der Waals surface area contributed by atoms with Crippen molar-refractivity contribution in [1.82, 2.24) is 25.8 Å². The minimum Gasteiger partial charge on any atom is -0.356 e. The zero-order valence-corrected chi connectivity index (χ0v) is 25.6. The molecule has 3 fully saturated rings. The van der Waals surface area contributed by atoms with E-state index in [0.717, 1.165) is 0 Å². The summed E-state index contributed by atoms with van der Waals surface area (Å²) in [6.45, 7) is 8.82. The van der Waals surface area contributed by atoms with Crippen molar-refractivity contribution in [2.45, 2.75) is 65.1 Å². The first-order chi connectivity index (χ1) is 20.3. The van der Waals surface area contributed by atoms with Crippen LogP contribution in [0.2, 0.25) is 0 Å². The number of piperidine rings is 1. The number of nitrogens with zero attached hydrogens (tertiary/aromatic N) is 1. The van der Waals surface area contributed by atoms with E-state index in [2.05, 4.69) is 34.8 Å². The number of hydrogen-bond donors (Lipinski definition) is 4. The summed E-state index contributed by atoms with van der Waals surface area (Å²) in [5, 5.41) is 8.67. The number of rotatable bonds is 11. The molecule has 12 heteroatoms. The highest BCUT2D eigenvalue weighted by molar-refractivity contribution is 6.28. The molecule has 2 aromatic rings. The van der Waals surface area contributed by atoms with Gasteiger partial charge in [0.1, 0.15) is 23.6 Å². The van der Waals surface area contributed by atoms with Crippen molar-refractivity contribution in [2.75, 3.05) is 19.0 Å². The number of aromatic amines is 1. The fourth-order valence-corrected chi connectivity index (χ4v) is 7.14. The minimum atomic E-state index is -0.953. The van der Waals surface area contributed by atoms with E-state index in [1.807, 2.05) is 13.8 Å². The first kappa shape index (κ1) is 31.0. The van der Waals surface area contributed by atoms with Crippen LogP contribution in [-0.2, 0) is 19.2 Å². The highest BCUT2D eigenvalue weighted by Crippen LogP contribution is 2.65. The molecule has 2 saturated heterocycles. The second-order valence-corrected chi connectivity index (χ2v) is 13.4. The maximum Gasteiger partial charge on any atom is 0.268 e. The molecule has 1 aromatic heterocycles. The average molecular weight is 616 g/mol. The van der Waals surface area contributed by atoms with Crippen molar-refractivity contribution in [2.24, 2.45) is 29.1 Å². The van der Waals surface area contributed by atoms with Gasteiger partial charge in [-0.15, -0.1) is 11.6 Å². The zero-order valence-electron chi connectivity index (χ0n) is 24.8. The molecule has 232 valence electrons. The van der Waals surface area contributed by atoms with E-state index >= 15 is 0 Å². The summed E-state index contributed by atoms with van der Waals surface area (Å²) < 4.78 is 14.2. The summed E-state index contributed by atoms with van der Waals surface area (Å²) in [6, 6.07) is 3.20. The number of hydrogen-bond acceptors (Lipinski definition) is 5. The van der Waals surface area contributed by atoms with Gasteiger partial charge in [-0.1, -0.05) is 33.8 Å². The van der Waals surface area contributed by atoms with Gasteiger partial charge in [0.05, 0.1) is 11.9 Å². The highest BCUT2D eigenvalue weighted by Gasteiger charge is 2.69. The van der Waals surface area contributed by atoms with Gasteiger partial charge in [0.15, 0.2) is 5.78 Å². The van der Waals surface area contributed by atoms with E-state index in [1.165, 1.54) is 17.0 Å².